The molecule has 7 nitrogen and oxygen atoms in total. The van der Waals surface area contributed by atoms with E-state index in [9.17, 15) is 9.59 Å². The third-order valence-corrected chi connectivity index (χ3v) is 6.52. The van der Waals surface area contributed by atoms with Crippen molar-refractivity contribution in [2.45, 2.75) is 38.1 Å². The molecule has 2 aromatic heterocycles. The SMILES string of the molecule is Cl.NC(=O)c1cc(-c2csc(NC(=O)C3CC4CCCC(C3)C4N)n2)c[nH]1. The second kappa shape index (κ2) is 8.00. The van der Waals surface area contributed by atoms with E-state index in [-0.39, 0.29) is 30.3 Å². The fourth-order valence-electron chi connectivity index (χ4n) is 4.36. The summed E-state index contributed by atoms with van der Waals surface area (Å²) in [5.74, 6) is 0.489. The van der Waals surface area contributed by atoms with Crippen molar-refractivity contribution >= 4 is 40.7 Å². The minimum absolute atomic E-state index is 0. The quantitative estimate of drug-likeness (QED) is 0.619. The third kappa shape index (κ3) is 4.02. The second-order valence-corrected chi connectivity index (χ2v) is 8.25. The Morgan fingerprint density at radius 3 is 2.59 bits per heavy atom. The molecule has 2 fully saturated rings. The van der Waals surface area contributed by atoms with Crippen molar-refractivity contribution in [1.29, 1.82) is 0 Å². The molecule has 0 saturated heterocycles. The Kier molecular flexibility index (Phi) is 5.88. The Balaban J connectivity index is 0.00000210. The van der Waals surface area contributed by atoms with Crippen molar-refractivity contribution in [1.82, 2.24) is 9.97 Å². The van der Waals surface area contributed by atoms with Crippen molar-refractivity contribution in [3.63, 3.8) is 0 Å². The molecule has 2 aliphatic carbocycles. The van der Waals surface area contributed by atoms with E-state index in [2.05, 4.69) is 15.3 Å². The van der Waals surface area contributed by atoms with E-state index in [1.807, 2.05) is 5.38 Å². The lowest BCUT2D eigenvalue weighted by atomic mass is 9.65. The number of nitrogens with one attached hydrogen (secondary N) is 2. The standard InChI is InChI=1S/C18H23N5O2S.ClH/c19-15-9-2-1-3-10(15)5-11(4-9)17(25)23-18-22-14(8-26-18)12-6-13(16(20)24)21-7-12;/h6-11,15,21H,1-5,19H2,(H2,20,24)(H,22,23,25);1H. The summed E-state index contributed by atoms with van der Waals surface area (Å²) in [7, 11) is 0. The molecule has 2 aromatic rings. The van der Waals surface area contributed by atoms with Crippen LogP contribution < -0.4 is 16.8 Å². The molecule has 0 radical (unpaired) electrons. The minimum atomic E-state index is -0.513. The number of nitrogens with zero attached hydrogens (tertiary/aromatic N) is 1. The highest BCUT2D eigenvalue weighted by molar-refractivity contribution is 7.14. The second-order valence-electron chi connectivity index (χ2n) is 7.39. The van der Waals surface area contributed by atoms with Crippen LogP contribution in [0.2, 0.25) is 0 Å². The van der Waals surface area contributed by atoms with Crippen molar-refractivity contribution in [3.05, 3.63) is 23.3 Å². The topological polar surface area (TPSA) is 127 Å². The third-order valence-electron chi connectivity index (χ3n) is 5.76. The minimum Gasteiger partial charge on any atom is -0.364 e. The van der Waals surface area contributed by atoms with Crippen LogP contribution in [-0.2, 0) is 4.79 Å². The van der Waals surface area contributed by atoms with E-state index in [0.29, 0.717) is 28.4 Å². The first-order valence-corrected chi connectivity index (χ1v) is 9.90. The summed E-state index contributed by atoms with van der Waals surface area (Å²) in [4.78, 5) is 31.2. The molecule has 6 N–H and O–H groups in total. The number of amides is 2. The normalized spacial score (nSPS) is 26.9. The molecular formula is C18H24ClN5O2S. The molecule has 0 spiro atoms. The number of fused-ring (bicyclic) bond motifs is 2. The number of nitrogens with two attached hydrogens (primary N) is 2. The number of aromatic amines is 1. The zero-order chi connectivity index (χ0) is 18.3. The predicted molar refractivity (Wildman–Crippen MR) is 108 cm³/mol. The number of primary amides is 1. The lowest BCUT2D eigenvalue weighted by Crippen LogP contribution is -2.48. The molecule has 0 aliphatic heterocycles. The molecule has 4 rings (SSSR count). The number of hydrogen-bond donors (Lipinski definition) is 4. The number of thiazole rings is 1. The summed E-state index contributed by atoms with van der Waals surface area (Å²) in [5, 5.41) is 5.39. The van der Waals surface area contributed by atoms with E-state index >= 15 is 0 Å². The number of hydrogen-bond acceptors (Lipinski definition) is 5. The fraction of sp³-hybridized carbons (Fsp3) is 0.500. The van der Waals surface area contributed by atoms with Gasteiger partial charge in [0.05, 0.1) is 5.69 Å². The van der Waals surface area contributed by atoms with E-state index < -0.39 is 5.91 Å². The highest BCUT2D eigenvalue weighted by Gasteiger charge is 2.40. The molecule has 2 saturated carbocycles. The van der Waals surface area contributed by atoms with E-state index in [0.717, 1.165) is 31.2 Å². The molecule has 9 heteroatoms. The number of carbonyl (C=O) groups excluding carboxylic acids is 2. The summed E-state index contributed by atoms with van der Waals surface area (Å²) in [6.07, 6.45) is 6.95. The van der Waals surface area contributed by atoms with Crippen LogP contribution in [0.25, 0.3) is 11.3 Å². The van der Waals surface area contributed by atoms with Crippen LogP contribution in [0.4, 0.5) is 5.13 Å². The Hall–Kier alpha value is -1.90. The predicted octanol–water partition coefficient (Wildman–Crippen LogP) is 2.75. The van der Waals surface area contributed by atoms with Crippen LogP contribution in [-0.4, -0.2) is 27.8 Å². The van der Waals surface area contributed by atoms with Gasteiger partial charge in [-0.05, 0) is 43.6 Å². The van der Waals surface area contributed by atoms with Gasteiger partial charge < -0.3 is 21.8 Å². The molecular weight excluding hydrogens is 386 g/mol. The molecule has 2 atom stereocenters. The fourth-order valence-corrected chi connectivity index (χ4v) is 5.08. The van der Waals surface area contributed by atoms with Gasteiger partial charge in [0.1, 0.15) is 5.69 Å². The number of anilines is 1. The average Bonchev–Trinajstić information content (AvgIpc) is 3.23. The summed E-state index contributed by atoms with van der Waals surface area (Å²) in [5.41, 5.74) is 13.4. The van der Waals surface area contributed by atoms with Gasteiger partial charge >= 0.3 is 0 Å². The van der Waals surface area contributed by atoms with Crippen molar-refractivity contribution in [2.24, 2.45) is 29.2 Å². The molecule has 2 bridgehead atoms. The van der Waals surface area contributed by atoms with Gasteiger partial charge in [-0.25, -0.2) is 4.98 Å². The van der Waals surface area contributed by atoms with Gasteiger partial charge in [-0.15, -0.1) is 23.7 Å². The van der Waals surface area contributed by atoms with E-state index in [1.54, 1.807) is 12.3 Å². The maximum Gasteiger partial charge on any atom is 0.265 e. The van der Waals surface area contributed by atoms with Gasteiger partial charge in [-0.1, -0.05) is 6.42 Å². The summed E-state index contributed by atoms with van der Waals surface area (Å²) < 4.78 is 0. The Labute approximate surface area is 167 Å². The number of aromatic nitrogens is 2. The van der Waals surface area contributed by atoms with Gasteiger partial charge in [0.15, 0.2) is 5.13 Å². The van der Waals surface area contributed by atoms with Crippen LogP contribution in [0.5, 0.6) is 0 Å². The summed E-state index contributed by atoms with van der Waals surface area (Å²) in [6, 6.07) is 1.92. The largest absolute Gasteiger partial charge is 0.364 e. The Bertz CT molecular complexity index is 821. The van der Waals surface area contributed by atoms with Crippen LogP contribution in [0.15, 0.2) is 17.6 Å². The molecule has 0 aromatic carbocycles. The summed E-state index contributed by atoms with van der Waals surface area (Å²) >= 11 is 1.38. The molecule has 27 heavy (non-hydrogen) atoms. The zero-order valence-corrected chi connectivity index (χ0v) is 16.4. The van der Waals surface area contributed by atoms with Crippen molar-refractivity contribution in [2.75, 3.05) is 5.32 Å². The average molecular weight is 410 g/mol. The van der Waals surface area contributed by atoms with Crippen molar-refractivity contribution in [3.8, 4) is 11.3 Å². The number of H-pyrrole nitrogens is 1. The zero-order valence-electron chi connectivity index (χ0n) is 14.8. The van der Waals surface area contributed by atoms with Gasteiger partial charge in [-0.3, -0.25) is 9.59 Å². The molecule has 2 unspecified atom stereocenters. The van der Waals surface area contributed by atoms with Crippen LogP contribution in [0.3, 0.4) is 0 Å². The molecule has 2 aliphatic rings. The first kappa shape index (κ1) is 19.9. The van der Waals surface area contributed by atoms with Crippen LogP contribution >= 0.6 is 23.7 Å². The first-order chi connectivity index (χ1) is 12.5. The van der Waals surface area contributed by atoms with Gasteiger partial charge in [0.25, 0.3) is 5.91 Å². The highest BCUT2D eigenvalue weighted by Crippen LogP contribution is 2.42. The summed E-state index contributed by atoms with van der Waals surface area (Å²) in [6.45, 7) is 0. The van der Waals surface area contributed by atoms with Crippen LogP contribution in [0.1, 0.15) is 42.6 Å². The Morgan fingerprint density at radius 1 is 1.26 bits per heavy atom. The molecule has 2 amide bonds. The first-order valence-electron chi connectivity index (χ1n) is 9.02. The van der Waals surface area contributed by atoms with Crippen molar-refractivity contribution < 1.29 is 9.59 Å². The van der Waals surface area contributed by atoms with E-state index in [1.165, 1.54) is 17.8 Å². The smallest absolute Gasteiger partial charge is 0.265 e. The number of carbonyl (C=O) groups is 2. The lowest BCUT2D eigenvalue weighted by Gasteiger charge is -2.43. The van der Waals surface area contributed by atoms with Crippen LogP contribution in [0, 0.1) is 17.8 Å². The monoisotopic (exact) mass is 409 g/mol. The lowest BCUT2D eigenvalue weighted by molar-refractivity contribution is -0.122. The maximum absolute atomic E-state index is 12.7. The number of rotatable bonds is 4. The maximum atomic E-state index is 12.7. The van der Waals surface area contributed by atoms with Gasteiger partial charge in [0, 0.05) is 29.1 Å². The Morgan fingerprint density at radius 2 is 1.96 bits per heavy atom. The number of halogens is 1. The molecule has 2 heterocycles. The molecule has 146 valence electrons. The van der Waals surface area contributed by atoms with Gasteiger partial charge in [-0.2, -0.15) is 0 Å². The van der Waals surface area contributed by atoms with Gasteiger partial charge in [0.2, 0.25) is 5.91 Å². The highest BCUT2D eigenvalue weighted by atomic mass is 35.5. The van der Waals surface area contributed by atoms with E-state index in [4.69, 9.17) is 11.5 Å².